The molecule has 3 nitrogen and oxygen atoms in total. The van der Waals surface area contributed by atoms with Crippen LogP contribution < -0.4 is 5.32 Å². The zero-order valence-corrected chi connectivity index (χ0v) is 10.5. The molecular formula is C12H14ClFN2O. The molecule has 0 saturated heterocycles. The van der Waals surface area contributed by atoms with Gasteiger partial charge in [0.05, 0.1) is 5.02 Å². The lowest BCUT2D eigenvalue weighted by molar-refractivity contribution is 0.470. The third-order valence-electron chi connectivity index (χ3n) is 2.55. The van der Waals surface area contributed by atoms with Gasteiger partial charge in [-0.1, -0.05) is 25.4 Å². The Balaban J connectivity index is 2.34. The summed E-state index contributed by atoms with van der Waals surface area (Å²) in [5.41, 5.74) is 0.916. The Labute approximate surface area is 104 Å². The second-order valence-electron chi connectivity index (χ2n) is 4.00. The van der Waals surface area contributed by atoms with Crippen molar-refractivity contribution in [3.63, 3.8) is 0 Å². The summed E-state index contributed by atoms with van der Waals surface area (Å²) < 4.78 is 18.7. The first-order valence-electron chi connectivity index (χ1n) is 5.58. The molecule has 1 N–H and O–H groups in total. The smallest absolute Gasteiger partial charge is 0.199 e. The van der Waals surface area contributed by atoms with Crippen molar-refractivity contribution in [2.75, 3.05) is 13.1 Å². The average Bonchev–Trinajstić information content (AvgIpc) is 2.69. The van der Waals surface area contributed by atoms with Crippen molar-refractivity contribution in [1.82, 2.24) is 10.3 Å². The second-order valence-corrected chi connectivity index (χ2v) is 4.40. The van der Waals surface area contributed by atoms with E-state index in [-0.39, 0.29) is 10.9 Å². The third kappa shape index (κ3) is 2.58. The monoisotopic (exact) mass is 256 g/mol. The SMILES string of the molecule is CCNCC(C)c1nc2cc(F)cc(Cl)c2o1. The molecule has 0 fully saturated rings. The van der Waals surface area contributed by atoms with Crippen molar-refractivity contribution in [3.8, 4) is 0 Å². The molecule has 0 bridgehead atoms. The Morgan fingerprint density at radius 2 is 2.29 bits per heavy atom. The van der Waals surface area contributed by atoms with Crippen LogP contribution in [0.25, 0.3) is 11.1 Å². The van der Waals surface area contributed by atoms with E-state index < -0.39 is 5.82 Å². The maximum absolute atomic E-state index is 13.1. The largest absolute Gasteiger partial charge is 0.439 e. The van der Waals surface area contributed by atoms with E-state index in [0.717, 1.165) is 13.1 Å². The molecule has 1 atom stereocenters. The molecule has 0 amide bonds. The van der Waals surface area contributed by atoms with Gasteiger partial charge in [0.2, 0.25) is 0 Å². The molecule has 1 aromatic carbocycles. The molecule has 2 aromatic rings. The van der Waals surface area contributed by atoms with Crippen molar-refractivity contribution in [2.24, 2.45) is 0 Å². The van der Waals surface area contributed by atoms with Gasteiger partial charge in [-0.25, -0.2) is 9.37 Å². The van der Waals surface area contributed by atoms with E-state index in [4.69, 9.17) is 16.0 Å². The Bertz CT molecular complexity index is 526. The molecule has 5 heteroatoms. The molecule has 2 rings (SSSR count). The first kappa shape index (κ1) is 12.3. The molecule has 0 radical (unpaired) electrons. The van der Waals surface area contributed by atoms with E-state index in [1.54, 1.807) is 0 Å². The van der Waals surface area contributed by atoms with Crippen molar-refractivity contribution < 1.29 is 8.81 Å². The first-order chi connectivity index (χ1) is 8.11. The fraction of sp³-hybridized carbons (Fsp3) is 0.417. The van der Waals surface area contributed by atoms with E-state index in [1.807, 2.05) is 13.8 Å². The summed E-state index contributed by atoms with van der Waals surface area (Å²) >= 11 is 5.90. The lowest BCUT2D eigenvalue weighted by Gasteiger charge is -2.06. The average molecular weight is 257 g/mol. The third-order valence-corrected chi connectivity index (χ3v) is 2.83. The first-order valence-corrected chi connectivity index (χ1v) is 5.95. The van der Waals surface area contributed by atoms with Crippen LogP contribution in [-0.2, 0) is 0 Å². The number of aromatic nitrogens is 1. The van der Waals surface area contributed by atoms with E-state index in [2.05, 4.69) is 10.3 Å². The second kappa shape index (κ2) is 5.02. The van der Waals surface area contributed by atoms with Gasteiger partial charge < -0.3 is 9.73 Å². The van der Waals surface area contributed by atoms with Crippen LogP contribution in [0.3, 0.4) is 0 Å². The van der Waals surface area contributed by atoms with Crippen LogP contribution in [0.1, 0.15) is 25.7 Å². The lowest BCUT2D eigenvalue weighted by Crippen LogP contribution is -2.19. The fourth-order valence-corrected chi connectivity index (χ4v) is 1.88. The predicted molar refractivity (Wildman–Crippen MR) is 65.9 cm³/mol. The Morgan fingerprint density at radius 1 is 1.53 bits per heavy atom. The number of fused-ring (bicyclic) bond motifs is 1. The molecule has 0 spiro atoms. The number of nitrogens with zero attached hydrogens (tertiary/aromatic N) is 1. The van der Waals surface area contributed by atoms with Gasteiger partial charge in [0.15, 0.2) is 11.5 Å². The summed E-state index contributed by atoms with van der Waals surface area (Å²) in [6.45, 7) is 5.69. The summed E-state index contributed by atoms with van der Waals surface area (Å²) in [6, 6.07) is 2.56. The van der Waals surface area contributed by atoms with Gasteiger partial charge in [0.1, 0.15) is 11.3 Å². The summed E-state index contributed by atoms with van der Waals surface area (Å²) in [7, 11) is 0. The van der Waals surface area contributed by atoms with Gasteiger partial charge in [-0.2, -0.15) is 0 Å². The van der Waals surface area contributed by atoms with E-state index >= 15 is 0 Å². The Hall–Kier alpha value is -1.13. The van der Waals surface area contributed by atoms with Gasteiger partial charge in [-0.15, -0.1) is 0 Å². The summed E-state index contributed by atoms with van der Waals surface area (Å²) in [4.78, 5) is 4.26. The lowest BCUT2D eigenvalue weighted by atomic mass is 10.2. The van der Waals surface area contributed by atoms with Crippen molar-refractivity contribution >= 4 is 22.7 Å². The minimum Gasteiger partial charge on any atom is -0.439 e. The minimum absolute atomic E-state index is 0.126. The van der Waals surface area contributed by atoms with E-state index in [9.17, 15) is 4.39 Å². The number of rotatable bonds is 4. The van der Waals surface area contributed by atoms with Crippen molar-refractivity contribution in [1.29, 1.82) is 0 Å². The number of likely N-dealkylation sites (N-methyl/N-ethyl adjacent to an activating group) is 1. The summed E-state index contributed by atoms with van der Waals surface area (Å²) in [5.74, 6) is 0.302. The minimum atomic E-state index is -0.401. The van der Waals surface area contributed by atoms with Gasteiger partial charge in [-0.05, 0) is 12.6 Å². The predicted octanol–water partition coefficient (Wildman–Crippen LogP) is 3.33. The van der Waals surface area contributed by atoms with E-state index in [1.165, 1.54) is 12.1 Å². The maximum atomic E-state index is 13.1. The fourth-order valence-electron chi connectivity index (χ4n) is 1.64. The quantitative estimate of drug-likeness (QED) is 0.912. The molecule has 1 heterocycles. The highest BCUT2D eigenvalue weighted by Crippen LogP contribution is 2.28. The van der Waals surface area contributed by atoms with Gasteiger partial charge in [0, 0.05) is 18.5 Å². The number of oxazole rings is 1. The molecule has 0 saturated carbocycles. The highest BCUT2D eigenvalue weighted by molar-refractivity contribution is 6.34. The highest BCUT2D eigenvalue weighted by Gasteiger charge is 2.15. The molecule has 1 aromatic heterocycles. The molecule has 0 aliphatic rings. The molecule has 1 unspecified atom stereocenters. The standard InChI is InChI=1S/C12H14ClFN2O/c1-3-15-6-7(2)12-16-10-5-8(14)4-9(13)11(10)17-12/h4-5,7,15H,3,6H2,1-2H3. The Morgan fingerprint density at radius 3 is 3.00 bits per heavy atom. The van der Waals surface area contributed by atoms with Gasteiger partial charge >= 0.3 is 0 Å². The number of halogens is 2. The summed E-state index contributed by atoms with van der Waals surface area (Å²) in [6.07, 6.45) is 0. The zero-order valence-electron chi connectivity index (χ0n) is 9.76. The number of hydrogen-bond acceptors (Lipinski definition) is 3. The number of benzene rings is 1. The van der Waals surface area contributed by atoms with Crippen LogP contribution in [-0.4, -0.2) is 18.1 Å². The van der Waals surface area contributed by atoms with E-state index in [0.29, 0.717) is 17.0 Å². The molecule has 92 valence electrons. The van der Waals surface area contributed by atoms with Crippen molar-refractivity contribution in [3.05, 3.63) is 28.9 Å². The van der Waals surface area contributed by atoms with Gasteiger partial charge in [-0.3, -0.25) is 0 Å². The number of nitrogens with one attached hydrogen (secondary N) is 1. The zero-order chi connectivity index (χ0) is 12.4. The highest BCUT2D eigenvalue weighted by atomic mass is 35.5. The van der Waals surface area contributed by atoms with Crippen molar-refractivity contribution in [2.45, 2.75) is 19.8 Å². The normalized spacial score (nSPS) is 13.2. The number of hydrogen-bond donors (Lipinski definition) is 1. The molecule has 17 heavy (non-hydrogen) atoms. The summed E-state index contributed by atoms with van der Waals surface area (Å²) in [5, 5.41) is 3.47. The van der Waals surface area contributed by atoms with Crippen LogP contribution >= 0.6 is 11.6 Å². The van der Waals surface area contributed by atoms with Gasteiger partial charge in [0.25, 0.3) is 0 Å². The Kier molecular flexibility index (Phi) is 3.64. The van der Waals surface area contributed by atoms with Crippen LogP contribution in [0.5, 0.6) is 0 Å². The van der Waals surface area contributed by atoms with Crippen LogP contribution in [0.15, 0.2) is 16.5 Å². The maximum Gasteiger partial charge on any atom is 0.199 e. The molecular weight excluding hydrogens is 243 g/mol. The molecule has 0 aliphatic heterocycles. The van der Waals surface area contributed by atoms with Crippen LogP contribution in [0.4, 0.5) is 4.39 Å². The topological polar surface area (TPSA) is 38.1 Å². The van der Waals surface area contributed by atoms with Crippen LogP contribution in [0, 0.1) is 5.82 Å². The molecule has 0 aliphatic carbocycles. The van der Waals surface area contributed by atoms with Crippen LogP contribution in [0.2, 0.25) is 5.02 Å².